The lowest BCUT2D eigenvalue weighted by atomic mass is 9.61. The van der Waals surface area contributed by atoms with E-state index in [2.05, 4.69) is 49.0 Å². The molecule has 2 atom stereocenters. The summed E-state index contributed by atoms with van der Waals surface area (Å²) in [6.07, 6.45) is 3.36. The number of aromatic nitrogens is 2. The van der Waals surface area contributed by atoms with Gasteiger partial charge >= 0.3 is 6.09 Å². The van der Waals surface area contributed by atoms with E-state index >= 15 is 0 Å². The Kier molecular flexibility index (Phi) is 9.58. The number of anilines is 2. The number of nitrogens with one attached hydrogen (secondary N) is 3. The van der Waals surface area contributed by atoms with Gasteiger partial charge in [-0.05, 0) is 68.6 Å². The van der Waals surface area contributed by atoms with Crippen LogP contribution in [0.5, 0.6) is 0 Å². The molecule has 230 valence electrons. The van der Waals surface area contributed by atoms with Crippen molar-refractivity contribution in [3.8, 4) is 11.1 Å². The molecule has 2 unspecified atom stereocenters. The van der Waals surface area contributed by atoms with Crippen LogP contribution in [0.2, 0.25) is 10.0 Å². The molecule has 0 radical (unpaired) electrons. The van der Waals surface area contributed by atoms with Gasteiger partial charge in [-0.2, -0.15) is 5.10 Å². The number of carbonyl (C=O) groups excluding carboxylic acids is 1. The fourth-order valence-electron chi connectivity index (χ4n) is 6.51. The number of nitrogens with zero attached hydrogens (tertiary/aromatic N) is 4. The quantitative estimate of drug-likeness (QED) is 0.161. The standard InChI is InChI=1S/C28H39Cl2IN7O3P/c1-16-22(23-19(11-32)21(35-42-31)8-20(29)24(23)30)25(37-7-6-33-12-18(37)13-40-5)34-38(16)17-9-28(10-17)14-36(15-28)26(39)41-27(2,3)4/h8,11,17-18,32-33,35,42H,6-7,9-10,12-15H2,1-5H3. The number of methoxy groups -OCH3 is 1. The van der Waals surface area contributed by atoms with Crippen LogP contribution in [-0.2, 0) is 9.47 Å². The molecule has 1 aromatic carbocycles. The van der Waals surface area contributed by atoms with E-state index in [1.807, 2.05) is 20.8 Å². The Balaban J connectivity index is 1.52. The average Bonchev–Trinajstić information content (AvgIpc) is 3.20. The third-order valence-electron chi connectivity index (χ3n) is 8.34. The molecule has 5 rings (SSSR count). The zero-order chi connectivity index (χ0) is 30.4. The van der Waals surface area contributed by atoms with Crippen molar-refractivity contribution in [2.24, 2.45) is 5.41 Å². The molecule has 1 saturated carbocycles. The first-order chi connectivity index (χ1) is 19.9. The van der Waals surface area contributed by atoms with Crippen LogP contribution in [0.4, 0.5) is 16.3 Å². The Morgan fingerprint density at radius 2 is 2.05 bits per heavy atom. The SMILES string of the molecule is COCC1CNCCN1c1nn(C2CC3(C2)CN(C(=O)OC(C)(C)C)C3)c(C)c1-c1c(Cl)c(Cl)cc(NPI)c1C=N. The van der Waals surface area contributed by atoms with Gasteiger partial charge in [0.15, 0.2) is 5.82 Å². The number of amides is 1. The Morgan fingerprint density at radius 1 is 1.33 bits per heavy atom. The third kappa shape index (κ3) is 6.11. The molecule has 2 aliphatic heterocycles. The summed E-state index contributed by atoms with van der Waals surface area (Å²) in [5, 5.41) is 21.3. The molecule has 1 spiro atoms. The molecule has 1 aromatic heterocycles. The van der Waals surface area contributed by atoms with Crippen LogP contribution in [0.1, 0.15) is 50.9 Å². The van der Waals surface area contributed by atoms with Gasteiger partial charge in [-0.25, -0.2) is 4.79 Å². The molecule has 0 bridgehead atoms. The Morgan fingerprint density at radius 3 is 2.67 bits per heavy atom. The number of hydrogen-bond acceptors (Lipinski definition) is 8. The molecule has 42 heavy (non-hydrogen) atoms. The molecule has 2 saturated heterocycles. The van der Waals surface area contributed by atoms with Crippen LogP contribution in [-0.4, -0.2) is 85.1 Å². The summed E-state index contributed by atoms with van der Waals surface area (Å²) in [6, 6.07) is 2.07. The molecule has 2 aromatic rings. The van der Waals surface area contributed by atoms with Crippen molar-refractivity contribution in [3.63, 3.8) is 0 Å². The van der Waals surface area contributed by atoms with E-state index in [0.29, 0.717) is 41.7 Å². The minimum absolute atomic E-state index is 0.0850. The van der Waals surface area contributed by atoms with Gasteiger partial charge < -0.3 is 35.1 Å². The molecule has 3 fully saturated rings. The fraction of sp³-hybridized carbons (Fsp3) is 0.607. The van der Waals surface area contributed by atoms with Gasteiger partial charge in [-0.1, -0.05) is 23.2 Å². The smallest absolute Gasteiger partial charge is 0.410 e. The monoisotopic (exact) mass is 749 g/mol. The first-order valence-corrected chi connectivity index (χ1v) is 19.0. The van der Waals surface area contributed by atoms with Crippen LogP contribution in [0, 0.1) is 17.7 Å². The number of piperazine rings is 1. The minimum Gasteiger partial charge on any atom is -0.444 e. The van der Waals surface area contributed by atoms with Crippen molar-refractivity contribution >= 4 is 75.4 Å². The summed E-state index contributed by atoms with van der Waals surface area (Å²) < 4.78 is 13.3. The van der Waals surface area contributed by atoms with E-state index in [1.165, 1.54) is 6.21 Å². The Hall–Kier alpha value is -1.37. The molecule has 10 nitrogen and oxygen atoms in total. The number of rotatable bonds is 8. The second kappa shape index (κ2) is 12.6. The molecule has 3 N–H and O–H groups in total. The van der Waals surface area contributed by atoms with Crippen molar-refractivity contribution in [2.45, 2.75) is 58.2 Å². The first-order valence-electron chi connectivity index (χ1n) is 14.1. The summed E-state index contributed by atoms with van der Waals surface area (Å²) in [4.78, 5) is 16.7. The van der Waals surface area contributed by atoms with Crippen molar-refractivity contribution < 1.29 is 14.3 Å². The Bertz CT molecular complexity index is 1350. The highest BCUT2D eigenvalue weighted by atomic mass is 127. The van der Waals surface area contributed by atoms with Gasteiger partial charge in [0.1, 0.15) is 5.60 Å². The van der Waals surface area contributed by atoms with Gasteiger partial charge in [-0.15, -0.1) is 0 Å². The van der Waals surface area contributed by atoms with E-state index in [4.69, 9.17) is 43.2 Å². The van der Waals surface area contributed by atoms with Crippen molar-refractivity contribution in [3.05, 3.63) is 27.4 Å². The Labute approximate surface area is 272 Å². The van der Waals surface area contributed by atoms with Crippen LogP contribution < -0.4 is 15.3 Å². The minimum atomic E-state index is -0.505. The molecule has 3 aliphatic rings. The highest BCUT2D eigenvalue weighted by Crippen LogP contribution is 2.56. The van der Waals surface area contributed by atoms with Crippen molar-refractivity contribution in [2.75, 3.05) is 56.4 Å². The maximum atomic E-state index is 12.6. The van der Waals surface area contributed by atoms with E-state index in [9.17, 15) is 4.79 Å². The molecule has 14 heteroatoms. The van der Waals surface area contributed by atoms with Crippen molar-refractivity contribution in [1.29, 1.82) is 5.41 Å². The summed E-state index contributed by atoms with van der Waals surface area (Å²) in [6.45, 7) is 12.1. The molecular weight excluding hydrogens is 711 g/mol. The second-order valence-corrected chi connectivity index (χ2v) is 15.3. The van der Waals surface area contributed by atoms with Crippen LogP contribution in [0.15, 0.2) is 6.07 Å². The maximum Gasteiger partial charge on any atom is 0.410 e. The highest BCUT2D eigenvalue weighted by Gasteiger charge is 2.55. The largest absolute Gasteiger partial charge is 0.444 e. The number of hydrogen-bond donors (Lipinski definition) is 3. The molecular formula is C28H39Cl2IN7O3P. The zero-order valence-corrected chi connectivity index (χ0v) is 29.3. The number of carbonyl (C=O) groups is 1. The highest BCUT2D eigenvalue weighted by molar-refractivity contribution is 14.2. The lowest BCUT2D eigenvalue weighted by Crippen LogP contribution is -2.64. The number of likely N-dealkylation sites (tertiary alicyclic amines) is 1. The lowest BCUT2D eigenvalue weighted by Gasteiger charge is -2.58. The van der Waals surface area contributed by atoms with Gasteiger partial charge in [0, 0.05) is 85.9 Å². The molecule has 1 amide bonds. The second-order valence-electron chi connectivity index (χ2n) is 12.5. The number of benzene rings is 1. The lowest BCUT2D eigenvalue weighted by molar-refractivity contribution is -0.0930. The average molecular weight is 750 g/mol. The summed E-state index contributed by atoms with van der Waals surface area (Å²) in [7, 11) is 1.72. The van der Waals surface area contributed by atoms with E-state index in [-0.39, 0.29) is 23.6 Å². The zero-order valence-electron chi connectivity index (χ0n) is 24.6. The molecule has 3 heterocycles. The van der Waals surface area contributed by atoms with Gasteiger partial charge in [0.2, 0.25) is 0 Å². The van der Waals surface area contributed by atoms with Gasteiger partial charge in [0.25, 0.3) is 0 Å². The van der Waals surface area contributed by atoms with E-state index in [1.54, 1.807) is 18.1 Å². The summed E-state index contributed by atoms with van der Waals surface area (Å²) in [5.41, 5.74) is 3.65. The van der Waals surface area contributed by atoms with Crippen LogP contribution in [0.3, 0.4) is 0 Å². The fourth-order valence-corrected chi connectivity index (χ4v) is 8.15. The van der Waals surface area contributed by atoms with E-state index < -0.39 is 5.60 Å². The summed E-state index contributed by atoms with van der Waals surface area (Å²) in [5.74, 6) is 0.830. The van der Waals surface area contributed by atoms with Crippen LogP contribution >= 0.6 is 51.6 Å². The predicted octanol–water partition coefficient (Wildman–Crippen LogP) is 6.51. The molecule has 1 aliphatic carbocycles. The third-order valence-corrected chi connectivity index (χ3v) is 10.3. The normalized spacial score (nSPS) is 20.6. The summed E-state index contributed by atoms with van der Waals surface area (Å²) >= 11 is 15.9. The number of halogens is 3. The topological polar surface area (TPSA) is 108 Å². The van der Waals surface area contributed by atoms with Crippen LogP contribution in [0.25, 0.3) is 11.1 Å². The van der Waals surface area contributed by atoms with Gasteiger partial charge in [0.05, 0.1) is 28.7 Å². The van der Waals surface area contributed by atoms with Crippen molar-refractivity contribution in [1.82, 2.24) is 20.0 Å². The predicted molar refractivity (Wildman–Crippen MR) is 181 cm³/mol. The number of ether oxygens (including phenoxy) is 2. The van der Waals surface area contributed by atoms with Gasteiger partial charge in [-0.3, -0.25) is 4.68 Å². The first kappa shape index (κ1) is 32.0. The van der Waals surface area contributed by atoms with E-state index in [0.717, 1.165) is 60.8 Å². The maximum absolute atomic E-state index is 12.6.